The molecule has 0 atom stereocenters. The first-order chi connectivity index (χ1) is 15.5. The maximum absolute atomic E-state index is 11.3. The van der Waals surface area contributed by atoms with E-state index in [2.05, 4.69) is 22.8 Å². The van der Waals surface area contributed by atoms with E-state index in [1.807, 2.05) is 11.3 Å². The highest BCUT2D eigenvalue weighted by Gasteiger charge is 2.19. The predicted molar refractivity (Wildman–Crippen MR) is 132 cm³/mol. The molecule has 0 aromatic carbocycles. The predicted octanol–water partition coefficient (Wildman–Crippen LogP) is 8.07. The van der Waals surface area contributed by atoms with E-state index in [9.17, 15) is 17.7 Å². The van der Waals surface area contributed by atoms with Crippen LogP contribution in [0.1, 0.15) is 126 Å². The molecule has 0 amide bonds. The minimum absolute atomic E-state index is 0.213. The Balaban J connectivity index is 0.000000264. The van der Waals surface area contributed by atoms with Crippen LogP contribution in [0.4, 0.5) is 4.53 Å². The van der Waals surface area contributed by atoms with Crippen molar-refractivity contribution in [2.45, 2.75) is 122 Å². The van der Waals surface area contributed by atoms with Gasteiger partial charge in [-0.1, -0.05) is 94.8 Å². The molecular formula is C25H43FO4S2. The van der Waals surface area contributed by atoms with Gasteiger partial charge < -0.3 is 4.79 Å². The zero-order valence-electron chi connectivity index (χ0n) is 19.9. The van der Waals surface area contributed by atoms with E-state index in [4.69, 9.17) is 0 Å². The standard InChI is InChI=1S/C12H16OS.C8H17FO3S.C5H10/c13-8-6-11-7-9-14-12(11)10-4-2-1-3-5-10;1-2-3-4-5-6-7-8-13(10,11)12-9;1-2-4-5-3-1/h7-10H,1-6H2;2-8H2,1H3;1-5H2. The number of carbonyl (C=O) groups excluding carboxylic acids is 1. The number of rotatable bonds is 11. The molecule has 0 bridgehead atoms. The van der Waals surface area contributed by atoms with Gasteiger partial charge in [0.1, 0.15) is 6.29 Å². The molecule has 0 unspecified atom stereocenters. The van der Waals surface area contributed by atoms with E-state index in [1.165, 1.54) is 81.1 Å². The molecule has 1 aromatic rings. The van der Waals surface area contributed by atoms with Gasteiger partial charge >= 0.3 is 0 Å². The van der Waals surface area contributed by atoms with Gasteiger partial charge in [-0.2, -0.15) is 8.42 Å². The van der Waals surface area contributed by atoms with Crippen LogP contribution in [0.25, 0.3) is 0 Å². The minimum atomic E-state index is -3.88. The van der Waals surface area contributed by atoms with Crippen molar-refractivity contribution in [3.63, 3.8) is 0 Å². The summed E-state index contributed by atoms with van der Waals surface area (Å²) in [5.74, 6) is 0.536. The lowest BCUT2D eigenvalue weighted by Crippen LogP contribution is -2.05. The van der Waals surface area contributed by atoms with Crippen molar-refractivity contribution in [3.05, 3.63) is 21.9 Å². The van der Waals surface area contributed by atoms with Gasteiger partial charge in [0.25, 0.3) is 10.1 Å². The number of hydrogen-bond acceptors (Lipinski definition) is 5. The lowest BCUT2D eigenvalue weighted by atomic mass is 9.86. The molecule has 1 aromatic heterocycles. The molecule has 186 valence electrons. The molecule has 2 aliphatic rings. The van der Waals surface area contributed by atoms with Crippen molar-refractivity contribution < 1.29 is 22.1 Å². The Morgan fingerprint density at radius 2 is 1.53 bits per heavy atom. The first-order valence-electron chi connectivity index (χ1n) is 12.6. The Morgan fingerprint density at radius 3 is 2.09 bits per heavy atom. The molecule has 0 spiro atoms. The molecule has 3 rings (SSSR count). The summed E-state index contributed by atoms with van der Waals surface area (Å²) in [6.45, 7) is 2.11. The SMILES string of the molecule is C1CCCC1.CCCCCCCCS(=O)(=O)OF.O=CCc1ccsc1C1CCCCC1. The quantitative estimate of drug-likeness (QED) is 0.232. The van der Waals surface area contributed by atoms with E-state index in [1.54, 1.807) is 0 Å². The average molecular weight is 491 g/mol. The monoisotopic (exact) mass is 490 g/mol. The van der Waals surface area contributed by atoms with E-state index in [0.29, 0.717) is 12.8 Å². The second-order valence-electron chi connectivity index (χ2n) is 8.88. The van der Waals surface area contributed by atoms with E-state index < -0.39 is 10.1 Å². The second-order valence-corrected chi connectivity index (χ2v) is 11.5. The maximum Gasteiger partial charge on any atom is 0.297 e. The summed E-state index contributed by atoms with van der Waals surface area (Å²) in [4.78, 5) is 12.0. The van der Waals surface area contributed by atoms with E-state index in [0.717, 1.165) is 37.9 Å². The topological polar surface area (TPSA) is 60.4 Å². The van der Waals surface area contributed by atoms with Gasteiger partial charge in [-0.3, -0.25) is 0 Å². The molecule has 1 heterocycles. The fraction of sp³-hybridized carbons (Fsp3) is 0.800. The van der Waals surface area contributed by atoms with Gasteiger partial charge in [-0.15, -0.1) is 11.3 Å². The number of carbonyl (C=O) groups is 1. The fourth-order valence-electron chi connectivity index (χ4n) is 4.30. The number of thiophene rings is 1. The van der Waals surface area contributed by atoms with Gasteiger partial charge in [0.2, 0.25) is 0 Å². The molecule has 2 fully saturated rings. The maximum atomic E-state index is 11.3. The van der Waals surface area contributed by atoms with Crippen LogP contribution in [0.15, 0.2) is 11.4 Å². The van der Waals surface area contributed by atoms with Crippen molar-refractivity contribution in [1.29, 1.82) is 0 Å². The van der Waals surface area contributed by atoms with Crippen LogP contribution in [0.2, 0.25) is 0 Å². The van der Waals surface area contributed by atoms with Crippen molar-refractivity contribution >= 4 is 27.7 Å². The van der Waals surface area contributed by atoms with Crippen molar-refractivity contribution in [2.75, 3.05) is 5.75 Å². The highest BCUT2D eigenvalue weighted by atomic mass is 32.2. The van der Waals surface area contributed by atoms with Gasteiger partial charge in [0.15, 0.2) is 0 Å². The minimum Gasteiger partial charge on any atom is -0.303 e. The first kappa shape index (κ1) is 29.2. The average Bonchev–Trinajstić information content (AvgIpc) is 3.53. The summed E-state index contributed by atoms with van der Waals surface area (Å²) in [7, 11) is -3.88. The molecule has 2 aliphatic carbocycles. The Labute approximate surface area is 199 Å². The summed E-state index contributed by atoms with van der Waals surface area (Å²) in [5.41, 5.74) is 1.27. The third kappa shape index (κ3) is 13.7. The Morgan fingerprint density at radius 1 is 0.969 bits per heavy atom. The normalized spacial score (nSPS) is 16.6. The lowest BCUT2D eigenvalue weighted by Gasteiger charge is -2.21. The van der Waals surface area contributed by atoms with Gasteiger partial charge in [-0.05, 0) is 46.7 Å². The summed E-state index contributed by atoms with van der Waals surface area (Å²) in [5, 5.41) is 2.13. The number of hydrogen-bond donors (Lipinski definition) is 0. The molecule has 0 saturated heterocycles. The fourth-order valence-corrected chi connectivity index (χ4v) is 6.03. The van der Waals surface area contributed by atoms with Crippen LogP contribution in [0.3, 0.4) is 0 Å². The summed E-state index contributed by atoms with van der Waals surface area (Å²) in [6, 6.07) is 2.11. The smallest absolute Gasteiger partial charge is 0.297 e. The Kier molecular flexibility index (Phi) is 17.0. The van der Waals surface area contributed by atoms with Gasteiger partial charge in [0, 0.05) is 11.3 Å². The van der Waals surface area contributed by atoms with Gasteiger partial charge in [0.05, 0.1) is 5.75 Å². The third-order valence-electron chi connectivity index (χ3n) is 6.15. The molecule has 2 saturated carbocycles. The van der Waals surface area contributed by atoms with Crippen LogP contribution >= 0.6 is 11.3 Å². The zero-order valence-corrected chi connectivity index (χ0v) is 21.5. The Hall–Kier alpha value is -0.790. The highest BCUT2D eigenvalue weighted by Crippen LogP contribution is 2.37. The number of halogens is 1. The first-order valence-corrected chi connectivity index (χ1v) is 15.0. The van der Waals surface area contributed by atoms with Crippen LogP contribution in [0, 0.1) is 0 Å². The number of unbranched alkanes of at least 4 members (excludes halogenated alkanes) is 5. The molecular weight excluding hydrogens is 447 g/mol. The number of aldehydes is 1. The summed E-state index contributed by atoms with van der Waals surface area (Å²) in [6.07, 6.45) is 21.7. The van der Waals surface area contributed by atoms with Crippen molar-refractivity contribution in [1.82, 2.24) is 0 Å². The molecule has 4 nitrogen and oxygen atoms in total. The largest absolute Gasteiger partial charge is 0.303 e. The molecule has 7 heteroatoms. The van der Waals surface area contributed by atoms with E-state index in [-0.39, 0.29) is 5.75 Å². The van der Waals surface area contributed by atoms with Crippen molar-refractivity contribution in [3.8, 4) is 0 Å². The second kappa shape index (κ2) is 18.6. The summed E-state index contributed by atoms with van der Waals surface area (Å²) >= 11 is 1.84. The Bertz CT molecular complexity index is 670. The zero-order chi connectivity index (χ0) is 23.5. The lowest BCUT2D eigenvalue weighted by molar-refractivity contribution is -0.107. The molecule has 0 N–H and O–H groups in total. The molecule has 0 aliphatic heterocycles. The van der Waals surface area contributed by atoms with E-state index >= 15 is 0 Å². The molecule has 32 heavy (non-hydrogen) atoms. The van der Waals surface area contributed by atoms with Crippen LogP contribution in [-0.4, -0.2) is 20.5 Å². The molecule has 0 radical (unpaired) electrons. The summed E-state index contributed by atoms with van der Waals surface area (Å²) < 4.78 is 35.1. The third-order valence-corrected chi connectivity index (χ3v) is 8.26. The van der Waals surface area contributed by atoms with Gasteiger partial charge in [-0.25, -0.2) is 0 Å². The highest BCUT2D eigenvalue weighted by molar-refractivity contribution is 7.86. The van der Waals surface area contributed by atoms with Crippen molar-refractivity contribution in [2.24, 2.45) is 0 Å². The van der Waals surface area contributed by atoms with Crippen LogP contribution in [-0.2, 0) is 25.7 Å². The van der Waals surface area contributed by atoms with Crippen LogP contribution < -0.4 is 0 Å². The van der Waals surface area contributed by atoms with Crippen LogP contribution in [0.5, 0.6) is 0 Å².